The summed E-state index contributed by atoms with van der Waals surface area (Å²) in [6.45, 7) is 3.55. The molecule has 0 spiro atoms. The number of halogens is 1. The fourth-order valence-electron chi connectivity index (χ4n) is 2.29. The average molecular weight is 155 g/mol. The smallest absolute Gasteiger partial charge is 0.131 e. The molecule has 0 aliphatic carbocycles. The van der Waals surface area contributed by atoms with Crippen LogP contribution in [-0.2, 0) is 0 Å². The van der Waals surface area contributed by atoms with E-state index in [2.05, 4.69) is 11.9 Å². The molecule has 2 heterocycles. The van der Waals surface area contributed by atoms with Crippen LogP contribution in [0.4, 0.5) is 4.39 Å². The highest BCUT2D eigenvalue weighted by Crippen LogP contribution is 2.37. The van der Waals surface area contributed by atoms with Gasteiger partial charge in [0.25, 0.3) is 0 Å². The Morgan fingerprint density at radius 1 is 1.36 bits per heavy atom. The number of allylic oxidation sites excluding steroid dienone is 1. The lowest BCUT2D eigenvalue weighted by molar-refractivity contribution is 0.141. The van der Waals surface area contributed by atoms with Gasteiger partial charge in [0.2, 0.25) is 0 Å². The van der Waals surface area contributed by atoms with E-state index in [1.165, 1.54) is 6.08 Å². The summed E-state index contributed by atoms with van der Waals surface area (Å²) in [6, 6.07) is 0.827. The van der Waals surface area contributed by atoms with Crippen molar-refractivity contribution in [3.05, 3.63) is 12.7 Å². The monoisotopic (exact) mass is 155 g/mol. The molecule has 2 fully saturated rings. The summed E-state index contributed by atoms with van der Waals surface area (Å²) in [7, 11) is 0. The lowest BCUT2D eigenvalue weighted by Crippen LogP contribution is -2.44. The summed E-state index contributed by atoms with van der Waals surface area (Å²) in [5.41, 5.74) is -1.07. The number of piperidine rings is 1. The number of nitrogens with one attached hydrogen (secondary N) is 1. The topological polar surface area (TPSA) is 12.0 Å². The van der Waals surface area contributed by atoms with Crippen LogP contribution in [0.3, 0.4) is 0 Å². The highest BCUT2D eigenvalue weighted by Gasteiger charge is 2.41. The number of fused-ring (bicyclic) bond motifs is 2. The van der Waals surface area contributed by atoms with E-state index in [4.69, 9.17) is 0 Å². The van der Waals surface area contributed by atoms with Gasteiger partial charge in [0.05, 0.1) is 0 Å². The van der Waals surface area contributed by atoms with Gasteiger partial charge in [-0.15, -0.1) is 0 Å². The van der Waals surface area contributed by atoms with E-state index in [0.717, 1.165) is 12.8 Å². The zero-order valence-electron chi connectivity index (χ0n) is 6.65. The number of rotatable bonds is 1. The second-order valence-electron chi connectivity index (χ2n) is 3.78. The molecule has 2 rings (SSSR count). The van der Waals surface area contributed by atoms with Crippen molar-refractivity contribution in [2.24, 2.45) is 0 Å². The van der Waals surface area contributed by atoms with Gasteiger partial charge in [-0.3, -0.25) is 0 Å². The summed E-state index contributed by atoms with van der Waals surface area (Å²) in [5.74, 6) is 0. The van der Waals surface area contributed by atoms with Crippen LogP contribution in [0, 0.1) is 0 Å². The van der Waals surface area contributed by atoms with Crippen LogP contribution < -0.4 is 5.32 Å². The van der Waals surface area contributed by atoms with Gasteiger partial charge in [-0.2, -0.15) is 0 Å². The quantitative estimate of drug-likeness (QED) is 0.569. The molecule has 2 aliphatic heterocycles. The fraction of sp³-hybridized carbons (Fsp3) is 0.778. The molecule has 2 unspecified atom stereocenters. The molecule has 0 amide bonds. The molecule has 0 saturated carbocycles. The van der Waals surface area contributed by atoms with Crippen molar-refractivity contribution >= 4 is 0 Å². The standard InChI is InChI=1S/C9H14FN/c1-2-9(10)5-7-3-4-8(6-9)11-7/h2,7-8,11H,1,3-6H2. The van der Waals surface area contributed by atoms with Crippen LogP contribution in [-0.4, -0.2) is 17.8 Å². The third-order valence-electron chi connectivity index (χ3n) is 2.87. The zero-order valence-corrected chi connectivity index (χ0v) is 6.65. The molecule has 2 saturated heterocycles. The maximum atomic E-state index is 13.7. The predicted molar refractivity (Wildman–Crippen MR) is 43.2 cm³/mol. The van der Waals surface area contributed by atoms with Crippen molar-refractivity contribution in [3.8, 4) is 0 Å². The van der Waals surface area contributed by atoms with Gasteiger partial charge in [0.1, 0.15) is 5.67 Å². The van der Waals surface area contributed by atoms with Gasteiger partial charge in [-0.1, -0.05) is 12.7 Å². The molecule has 0 aromatic rings. The Kier molecular flexibility index (Phi) is 1.53. The number of hydrogen-bond donors (Lipinski definition) is 1. The van der Waals surface area contributed by atoms with E-state index >= 15 is 0 Å². The first-order chi connectivity index (χ1) is 5.22. The number of alkyl halides is 1. The van der Waals surface area contributed by atoms with Gasteiger partial charge in [-0.25, -0.2) is 4.39 Å². The Morgan fingerprint density at radius 3 is 2.36 bits per heavy atom. The van der Waals surface area contributed by atoms with Gasteiger partial charge >= 0.3 is 0 Å². The molecule has 0 radical (unpaired) electrons. The van der Waals surface area contributed by atoms with Crippen LogP contribution in [0.1, 0.15) is 25.7 Å². The molecule has 1 N–H and O–H groups in total. The van der Waals surface area contributed by atoms with Crippen molar-refractivity contribution in [3.63, 3.8) is 0 Å². The lowest BCUT2D eigenvalue weighted by Gasteiger charge is -2.32. The highest BCUT2D eigenvalue weighted by molar-refractivity contribution is 5.07. The van der Waals surface area contributed by atoms with E-state index in [1.54, 1.807) is 0 Å². The van der Waals surface area contributed by atoms with E-state index in [0.29, 0.717) is 24.9 Å². The minimum Gasteiger partial charge on any atom is -0.311 e. The molecule has 2 atom stereocenters. The maximum absolute atomic E-state index is 13.7. The molecule has 62 valence electrons. The fourth-order valence-corrected chi connectivity index (χ4v) is 2.29. The second-order valence-corrected chi connectivity index (χ2v) is 3.78. The van der Waals surface area contributed by atoms with E-state index in [9.17, 15) is 4.39 Å². The average Bonchev–Trinajstić information content (AvgIpc) is 2.31. The third kappa shape index (κ3) is 1.20. The molecular weight excluding hydrogens is 141 g/mol. The Labute approximate surface area is 66.7 Å². The van der Waals surface area contributed by atoms with Crippen LogP contribution in [0.25, 0.3) is 0 Å². The highest BCUT2D eigenvalue weighted by atomic mass is 19.1. The Balaban J connectivity index is 2.13. The van der Waals surface area contributed by atoms with Crippen LogP contribution in [0.2, 0.25) is 0 Å². The molecule has 11 heavy (non-hydrogen) atoms. The largest absolute Gasteiger partial charge is 0.311 e. The van der Waals surface area contributed by atoms with Crippen LogP contribution in [0.5, 0.6) is 0 Å². The first kappa shape index (κ1) is 7.29. The van der Waals surface area contributed by atoms with Gasteiger partial charge in [0.15, 0.2) is 0 Å². The molecule has 2 heteroatoms. The Bertz CT molecular complexity index is 166. The van der Waals surface area contributed by atoms with E-state index in [1.807, 2.05) is 0 Å². The predicted octanol–water partition coefficient (Wildman–Crippen LogP) is 1.80. The molecule has 2 bridgehead atoms. The minimum atomic E-state index is -1.07. The second kappa shape index (κ2) is 2.31. The molecular formula is C9H14FN. The van der Waals surface area contributed by atoms with Crippen LogP contribution in [0.15, 0.2) is 12.7 Å². The normalized spacial score (nSPS) is 49.2. The molecule has 2 aliphatic rings. The van der Waals surface area contributed by atoms with Crippen molar-refractivity contribution in [2.75, 3.05) is 0 Å². The SMILES string of the molecule is C=CC1(F)CC2CCC(C1)N2. The van der Waals surface area contributed by atoms with Gasteiger partial charge < -0.3 is 5.32 Å². The van der Waals surface area contributed by atoms with E-state index in [-0.39, 0.29) is 0 Å². The Morgan fingerprint density at radius 2 is 1.91 bits per heavy atom. The first-order valence-corrected chi connectivity index (χ1v) is 4.30. The third-order valence-corrected chi connectivity index (χ3v) is 2.87. The minimum absolute atomic E-state index is 0.414. The summed E-state index contributed by atoms with van der Waals surface area (Å²) in [4.78, 5) is 0. The van der Waals surface area contributed by atoms with Crippen molar-refractivity contribution in [1.29, 1.82) is 0 Å². The van der Waals surface area contributed by atoms with Crippen LogP contribution >= 0.6 is 0 Å². The molecule has 0 aromatic heterocycles. The molecule has 1 nitrogen and oxygen atoms in total. The summed E-state index contributed by atoms with van der Waals surface area (Å²) >= 11 is 0. The van der Waals surface area contributed by atoms with Gasteiger partial charge in [-0.05, 0) is 12.8 Å². The lowest BCUT2D eigenvalue weighted by atomic mass is 9.89. The first-order valence-electron chi connectivity index (χ1n) is 4.30. The maximum Gasteiger partial charge on any atom is 0.131 e. The summed E-state index contributed by atoms with van der Waals surface area (Å²) < 4.78 is 13.7. The zero-order chi connectivity index (χ0) is 7.90. The summed E-state index contributed by atoms with van der Waals surface area (Å²) in [6.07, 6.45) is 5.04. The van der Waals surface area contributed by atoms with Crippen molar-refractivity contribution in [1.82, 2.24) is 5.32 Å². The molecule has 0 aromatic carbocycles. The summed E-state index contributed by atoms with van der Waals surface area (Å²) in [5, 5.41) is 3.39. The van der Waals surface area contributed by atoms with Gasteiger partial charge in [0, 0.05) is 24.9 Å². The Hall–Kier alpha value is -0.370. The number of hydrogen-bond acceptors (Lipinski definition) is 1. The van der Waals surface area contributed by atoms with E-state index < -0.39 is 5.67 Å². The van der Waals surface area contributed by atoms with Crippen molar-refractivity contribution < 1.29 is 4.39 Å². The van der Waals surface area contributed by atoms with Crippen molar-refractivity contribution in [2.45, 2.75) is 43.4 Å².